The summed E-state index contributed by atoms with van der Waals surface area (Å²) in [5, 5.41) is 11.4. The molecular weight excluding hydrogens is 370 g/mol. The van der Waals surface area contributed by atoms with Crippen LogP contribution in [0.15, 0.2) is 57.9 Å². The topological polar surface area (TPSA) is 82.6 Å². The average Bonchev–Trinajstić information content (AvgIpc) is 2.74. The largest absolute Gasteiger partial charge is 0.482 e. The van der Waals surface area contributed by atoms with Gasteiger partial charge in [0.05, 0.1) is 10.3 Å². The van der Waals surface area contributed by atoms with E-state index in [1.165, 1.54) is 50.5 Å². The predicted octanol–water partition coefficient (Wildman–Crippen LogP) is 5.40. The smallest absolute Gasteiger partial charge is 0.269 e. The fraction of sp³-hybridized carbons (Fsp3) is 0.348. The molecule has 1 aliphatic carbocycles. The molecule has 0 amide bonds. The Hall–Kier alpha value is -3.15. The molecule has 0 radical (unpaired) electrons. The summed E-state index contributed by atoms with van der Waals surface area (Å²) >= 11 is 0. The first-order valence-electron chi connectivity index (χ1n) is 10.0. The minimum Gasteiger partial charge on any atom is -0.482 e. The highest BCUT2D eigenvalue weighted by atomic mass is 16.6. The van der Waals surface area contributed by atoms with Crippen molar-refractivity contribution in [2.75, 3.05) is 0 Å². The van der Waals surface area contributed by atoms with Gasteiger partial charge in [0.1, 0.15) is 18.5 Å². The van der Waals surface area contributed by atoms with Gasteiger partial charge in [-0.2, -0.15) is 0 Å². The number of rotatable bonds is 6. The molecule has 1 heterocycles. The molecule has 0 N–H and O–H groups in total. The van der Waals surface area contributed by atoms with Gasteiger partial charge in [0.25, 0.3) is 5.69 Å². The van der Waals surface area contributed by atoms with Gasteiger partial charge < -0.3 is 9.15 Å². The van der Waals surface area contributed by atoms with Crippen LogP contribution in [0.2, 0.25) is 0 Å². The van der Waals surface area contributed by atoms with Crippen LogP contribution < -0.4 is 10.2 Å². The number of fused-ring (bicyclic) bond motifs is 1. The monoisotopic (exact) mass is 393 g/mol. The summed E-state index contributed by atoms with van der Waals surface area (Å²) in [6.45, 7) is 0.138. The average molecular weight is 393 g/mol. The molecule has 0 bridgehead atoms. The summed E-state index contributed by atoms with van der Waals surface area (Å²) in [6, 6.07) is 11.8. The Bertz CT molecular complexity index is 1060. The normalized spacial score (nSPS) is 14.8. The van der Waals surface area contributed by atoms with E-state index in [4.69, 9.17) is 9.15 Å². The van der Waals surface area contributed by atoms with Crippen LogP contribution in [0.25, 0.3) is 11.0 Å². The van der Waals surface area contributed by atoms with E-state index >= 15 is 0 Å². The van der Waals surface area contributed by atoms with Gasteiger partial charge in [0, 0.05) is 12.1 Å². The fourth-order valence-electron chi connectivity index (χ4n) is 4.07. The summed E-state index contributed by atoms with van der Waals surface area (Å²) in [5.41, 5.74) is 2.19. The van der Waals surface area contributed by atoms with E-state index in [9.17, 15) is 14.9 Å². The van der Waals surface area contributed by atoms with E-state index in [-0.39, 0.29) is 23.5 Å². The Kier molecular flexibility index (Phi) is 5.60. The first kappa shape index (κ1) is 19.2. The molecule has 4 rings (SSSR count). The number of ether oxygens (including phenoxy) is 1. The van der Waals surface area contributed by atoms with Gasteiger partial charge in [0.2, 0.25) is 11.2 Å². The van der Waals surface area contributed by atoms with E-state index in [1.54, 1.807) is 18.2 Å². The van der Waals surface area contributed by atoms with Crippen LogP contribution >= 0.6 is 0 Å². The van der Waals surface area contributed by atoms with Crippen LogP contribution in [0.4, 0.5) is 5.69 Å². The lowest BCUT2D eigenvalue weighted by atomic mass is 9.84. The maximum atomic E-state index is 13.1. The molecule has 1 fully saturated rings. The van der Waals surface area contributed by atoms with E-state index in [0.29, 0.717) is 16.9 Å². The van der Waals surface area contributed by atoms with E-state index in [0.717, 1.165) is 17.5 Å². The third-order valence-electron chi connectivity index (χ3n) is 5.63. The quantitative estimate of drug-likeness (QED) is 0.413. The van der Waals surface area contributed by atoms with Gasteiger partial charge >= 0.3 is 0 Å². The fourth-order valence-corrected chi connectivity index (χ4v) is 4.07. The van der Waals surface area contributed by atoms with Crippen LogP contribution in [-0.2, 0) is 13.0 Å². The van der Waals surface area contributed by atoms with Gasteiger partial charge in [0.15, 0.2) is 0 Å². The lowest BCUT2D eigenvalue weighted by Gasteiger charge is -2.22. The molecule has 1 aliphatic rings. The van der Waals surface area contributed by atoms with Gasteiger partial charge in [-0.15, -0.1) is 0 Å². The highest BCUT2D eigenvalue weighted by molar-refractivity contribution is 5.81. The van der Waals surface area contributed by atoms with Crippen molar-refractivity contribution >= 4 is 16.7 Å². The van der Waals surface area contributed by atoms with Gasteiger partial charge in [-0.05, 0) is 41.7 Å². The second-order valence-corrected chi connectivity index (χ2v) is 7.64. The summed E-state index contributed by atoms with van der Waals surface area (Å²) in [7, 11) is 0. The molecule has 1 aromatic heterocycles. The van der Waals surface area contributed by atoms with Crippen LogP contribution in [0, 0.1) is 16.0 Å². The van der Waals surface area contributed by atoms with Crippen molar-refractivity contribution in [1.29, 1.82) is 0 Å². The zero-order valence-electron chi connectivity index (χ0n) is 16.1. The Morgan fingerprint density at radius 2 is 1.83 bits per heavy atom. The van der Waals surface area contributed by atoms with Crippen molar-refractivity contribution in [3.63, 3.8) is 0 Å². The van der Waals surface area contributed by atoms with Crippen LogP contribution in [0.3, 0.4) is 0 Å². The molecule has 3 aromatic rings. The van der Waals surface area contributed by atoms with Crippen molar-refractivity contribution in [3.8, 4) is 5.75 Å². The highest BCUT2D eigenvalue weighted by Crippen LogP contribution is 2.29. The van der Waals surface area contributed by atoms with Crippen LogP contribution in [0.1, 0.15) is 43.2 Å². The maximum absolute atomic E-state index is 13.1. The molecule has 0 aliphatic heterocycles. The molecule has 1 saturated carbocycles. The zero-order chi connectivity index (χ0) is 20.2. The van der Waals surface area contributed by atoms with Crippen molar-refractivity contribution in [2.45, 2.75) is 45.1 Å². The van der Waals surface area contributed by atoms with Crippen molar-refractivity contribution in [2.24, 2.45) is 5.92 Å². The van der Waals surface area contributed by atoms with Crippen LogP contribution in [-0.4, -0.2) is 4.92 Å². The summed E-state index contributed by atoms with van der Waals surface area (Å²) < 4.78 is 11.4. The predicted molar refractivity (Wildman–Crippen MR) is 110 cm³/mol. The first-order valence-corrected chi connectivity index (χ1v) is 10.0. The maximum Gasteiger partial charge on any atom is 0.269 e. The Labute approximate surface area is 168 Å². The minimum absolute atomic E-state index is 0.0197. The number of non-ortho nitro benzene ring substituents is 1. The zero-order valence-corrected chi connectivity index (χ0v) is 16.1. The molecule has 150 valence electrons. The summed E-state index contributed by atoms with van der Waals surface area (Å²) in [5.74, 6) is 0.769. The highest BCUT2D eigenvalue weighted by Gasteiger charge is 2.18. The van der Waals surface area contributed by atoms with Gasteiger partial charge in [-0.25, -0.2) is 0 Å². The number of nitro groups is 1. The Balaban J connectivity index is 1.56. The summed E-state index contributed by atoms with van der Waals surface area (Å²) in [4.78, 5) is 23.4. The van der Waals surface area contributed by atoms with Crippen LogP contribution in [0.5, 0.6) is 5.75 Å². The Morgan fingerprint density at radius 1 is 1.07 bits per heavy atom. The second kappa shape index (κ2) is 8.47. The van der Waals surface area contributed by atoms with E-state index < -0.39 is 4.92 Å². The standard InChI is InChI=1S/C23H23NO5/c25-23-21(28-14-17-9-11-19(12-10-17)24(26)27)15-29-20-8-4-7-18(22(20)23)13-16-5-2-1-3-6-16/h4,7-12,15-16H,1-3,5-6,13-14H2. The van der Waals surface area contributed by atoms with Crippen molar-refractivity contribution < 1.29 is 14.1 Å². The minimum atomic E-state index is -0.448. The molecule has 29 heavy (non-hydrogen) atoms. The molecule has 6 nitrogen and oxygen atoms in total. The lowest BCUT2D eigenvalue weighted by Crippen LogP contribution is -2.13. The number of hydrogen-bond acceptors (Lipinski definition) is 5. The van der Waals surface area contributed by atoms with Crippen molar-refractivity contribution in [3.05, 3.63) is 80.2 Å². The lowest BCUT2D eigenvalue weighted by molar-refractivity contribution is -0.384. The number of nitrogens with zero attached hydrogens (tertiary/aromatic N) is 1. The Morgan fingerprint density at radius 3 is 2.55 bits per heavy atom. The second-order valence-electron chi connectivity index (χ2n) is 7.64. The molecule has 0 unspecified atom stereocenters. The number of hydrogen-bond donors (Lipinski definition) is 0. The molecule has 2 aromatic carbocycles. The summed E-state index contributed by atoms with van der Waals surface area (Å²) in [6.07, 6.45) is 8.46. The molecule has 0 saturated heterocycles. The third kappa shape index (κ3) is 4.31. The molecule has 6 heteroatoms. The van der Waals surface area contributed by atoms with Crippen molar-refractivity contribution in [1.82, 2.24) is 0 Å². The van der Waals surface area contributed by atoms with E-state index in [2.05, 4.69) is 0 Å². The molecule has 0 spiro atoms. The van der Waals surface area contributed by atoms with Gasteiger partial charge in [-0.1, -0.05) is 44.2 Å². The van der Waals surface area contributed by atoms with E-state index in [1.807, 2.05) is 12.1 Å². The van der Waals surface area contributed by atoms with Gasteiger partial charge in [-0.3, -0.25) is 14.9 Å². The SMILES string of the molecule is O=c1c(OCc2ccc([N+](=O)[O-])cc2)coc2cccc(CC3CCCCC3)c12. The first-order chi connectivity index (χ1) is 14.1. The third-order valence-corrected chi connectivity index (χ3v) is 5.63. The number of benzene rings is 2. The molecular formula is C23H23NO5. The molecule has 0 atom stereocenters. The number of nitro benzene ring substituents is 1.